The third-order valence-corrected chi connectivity index (χ3v) is 2.82. The monoisotopic (exact) mass is 257 g/mol. The van der Waals surface area contributed by atoms with Crippen molar-refractivity contribution in [2.24, 2.45) is 0 Å². The molecule has 0 saturated heterocycles. The Bertz CT molecular complexity index is 360. The Hall–Kier alpha value is -1.06. The third kappa shape index (κ3) is 2.49. The average Bonchev–Trinajstić information content (AvgIpc) is 2.33. The van der Waals surface area contributed by atoms with E-state index in [4.69, 9.17) is 3.76 Å². The van der Waals surface area contributed by atoms with Gasteiger partial charge in [-0.05, 0) is 0 Å². The number of benzene rings is 2. The first-order valence-corrected chi connectivity index (χ1v) is 5.70. The van der Waals surface area contributed by atoms with E-state index in [1.807, 2.05) is 36.4 Å². The van der Waals surface area contributed by atoms with Gasteiger partial charge in [0.05, 0.1) is 0 Å². The van der Waals surface area contributed by atoms with E-state index in [1.165, 1.54) is 11.1 Å². The molecule has 2 aromatic rings. The molecule has 0 spiro atoms. The molecule has 0 aromatic heterocycles. The molecule has 0 unspecified atom stereocenters. The van der Waals surface area contributed by atoms with Crippen molar-refractivity contribution in [3.63, 3.8) is 0 Å². The van der Waals surface area contributed by atoms with Gasteiger partial charge in [-0.2, -0.15) is 0 Å². The maximum atomic E-state index is 5.52. The molecular weight excluding hydrogens is 245 g/mol. The first-order valence-electron chi connectivity index (χ1n) is 4.84. The van der Waals surface area contributed by atoms with Crippen molar-refractivity contribution in [3.05, 3.63) is 71.8 Å². The zero-order valence-corrected chi connectivity index (χ0v) is 10.4. The maximum absolute atomic E-state index is 5.52. The van der Waals surface area contributed by atoms with Gasteiger partial charge >= 0.3 is 98.5 Å². The molecule has 2 heteroatoms. The molecule has 3 radical (unpaired) electrons. The van der Waals surface area contributed by atoms with Crippen LogP contribution in [0.25, 0.3) is 0 Å². The molecule has 0 heterocycles. The van der Waals surface area contributed by atoms with Crippen molar-refractivity contribution in [1.29, 1.82) is 0 Å². The second-order valence-corrected chi connectivity index (χ2v) is 3.81. The van der Waals surface area contributed by atoms with Crippen LogP contribution in [0.2, 0.25) is 0 Å². The Morgan fingerprint density at radius 3 is 1.47 bits per heavy atom. The second kappa shape index (κ2) is 5.14. The van der Waals surface area contributed by atoms with E-state index in [1.54, 1.807) is 16.9 Å². The Balaban J connectivity index is 2.34. The first-order chi connectivity index (χ1) is 7.42. The molecule has 73 valence electrons. The summed E-state index contributed by atoms with van der Waals surface area (Å²) in [5, 5.41) is 0. The molecule has 0 aliphatic carbocycles. The third-order valence-electron chi connectivity index (χ3n) is 2.32. The van der Waals surface area contributed by atoms with Crippen LogP contribution in [0.1, 0.15) is 17.2 Å². The van der Waals surface area contributed by atoms with Crippen LogP contribution in [-0.2, 0) is 3.76 Å². The van der Waals surface area contributed by atoms with Gasteiger partial charge < -0.3 is 0 Å². The molecule has 0 N–H and O–H groups in total. The van der Waals surface area contributed by atoms with Crippen LogP contribution < -0.4 is 0 Å². The molecule has 0 saturated carbocycles. The summed E-state index contributed by atoms with van der Waals surface area (Å²) in [5.74, 6) is 0. The fourth-order valence-corrected chi connectivity index (χ4v) is 2.16. The van der Waals surface area contributed by atoms with Crippen molar-refractivity contribution in [3.8, 4) is 0 Å². The van der Waals surface area contributed by atoms with Crippen LogP contribution in [-0.4, -0.2) is 16.9 Å². The van der Waals surface area contributed by atoms with Crippen molar-refractivity contribution < 1.29 is 3.76 Å². The second-order valence-electron chi connectivity index (χ2n) is 3.32. The first kappa shape index (κ1) is 10.5. The van der Waals surface area contributed by atoms with Crippen LogP contribution in [0.15, 0.2) is 60.7 Å². The van der Waals surface area contributed by atoms with Crippen molar-refractivity contribution in [2.75, 3.05) is 0 Å². The molecule has 2 aromatic carbocycles. The fraction of sp³-hybridized carbons (Fsp3) is 0.0769. The van der Waals surface area contributed by atoms with Gasteiger partial charge in [-0.3, -0.25) is 0 Å². The van der Waals surface area contributed by atoms with Crippen LogP contribution >= 0.6 is 0 Å². The summed E-state index contributed by atoms with van der Waals surface area (Å²) in [5.41, 5.74) is 2.37. The van der Waals surface area contributed by atoms with E-state index in [2.05, 4.69) is 24.3 Å². The van der Waals surface area contributed by atoms with Crippen molar-refractivity contribution in [2.45, 2.75) is 6.10 Å². The summed E-state index contributed by atoms with van der Waals surface area (Å²) in [6.07, 6.45) is 0.0346. The van der Waals surface area contributed by atoms with E-state index in [-0.39, 0.29) is 6.10 Å². The summed E-state index contributed by atoms with van der Waals surface area (Å²) < 4.78 is 5.52. The molecule has 0 fully saturated rings. The quantitative estimate of drug-likeness (QED) is 0.767. The van der Waals surface area contributed by atoms with Gasteiger partial charge in [-0.15, -0.1) is 0 Å². The van der Waals surface area contributed by atoms with Gasteiger partial charge in [0, 0.05) is 0 Å². The topological polar surface area (TPSA) is 9.23 Å². The normalized spacial score (nSPS) is 10.5. The Morgan fingerprint density at radius 1 is 0.733 bits per heavy atom. The van der Waals surface area contributed by atoms with Crippen LogP contribution in [0.4, 0.5) is 0 Å². The zero-order valence-electron chi connectivity index (χ0n) is 8.26. The molecular formula is C13H11GeO. The van der Waals surface area contributed by atoms with Gasteiger partial charge in [0.15, 0.2) is 0 Å². The average molecular weight is 256 g/mol. The zero-order chi connectivity index (χ0) is 10.5. The van der Waals surface area contributed by atoms with Gasteiger partial charge in [0.25, 0.3) is 0 Å². The van der Waals surface area contributed by atoms with Gasteiger partial charge in [-0.25, -0.2) is 0 Å². The standard InChI is InChI=1S/C13H11GeO/c14-15-13(11-7-3-1-4-8-11)12-9-5-2-6-10-12/h1-10,13H. The van der Waals surface area contributed by atoms with Crippen LogP contribution in [0.5, 0.6) is 0 Å². The van der Waals surface area contributed by atoms with E-state index in [0.29, 0.717) is 0 Å². The number of hydrogen-bond donors (Lipinski definition) is 0. The van der Waals surface area contributed by atoms with Crippen molar-refractivity contribution >= 4 is 16.9 Å². The summed E-state index contributed by atoms with van der Waals surface area (Å²) in [4.78, 5) is 0. The van der Waals surface area contributed by atoms with Crippen molar-refractivity contribution in [1.82, 2.24) is 0 Å². The van der Waals surface area contributed by atoms with E-state index < -0.39 is 0 Å². The van der Waals surface area contributed by atoms with Gasteiger partial charge in [0.2, 0.25) is 0 Å². The molecule has 0 atom stereocenters. The molecule has 0 aliphatic rings. The predicted octanol–water partition coefficient (Wildman–Crippen LogP) is 2.88. The minimum absolute atomic E-state index is 0.0346. The van der Waals surface area contributed by atoms with Crippen LogP contribution in [0, 0.1) is 0 Å². The molecule has 15 heavy (non-hydrogen) atoms. The Morgan fingerprint density at radius 2 is 1.13 bits per heavy atom. The molecule has 0 bridgehead atoms. The van der Waals surface area contributed by atoms with E-state index in [9.17, 15) is 0 Å². The summed E-state index contributed by atoms with van der Waals surface area (Å²) in [7, 11) is 0. The van der Waals surface area contributed by atoms with Gasteiger partial charge in [0.1, 0.15) is 0 Å². The van der Waals surface area contributed by atoms with E-state index in [0.717, 1.165) is 0 Å². The Kier molecular flexibility index (Phi) is 3.59. The van der Waals surface area contributed by atoms with Crippen LogP contribution in [0.3, 0.4) is 0 Å². The Labute approximate surface area is 98.7 Å². The molecule has 2 rings (SSSR count). The van der Waals surface area contributed by atoms with Gasteiger partial charge in [-0.1, -0.05) is 0 Å². The molecule has 1 nitrogen and oxygen atoms in total. The summed E-state index contributed by atoms with van der Waals surface area (Å²) >= 11 is 1.74. The molecule has 0 aliphatic heterocycles. The number of hydrogen-bond acceptors (Lipinski definition) is 1. The fourth-order valence-electron chi connectivity index (χ4n) is 1.58. The SMILES string of the molecule is [Ge][O]C(c1ccccc1)c1ccccc1. The molecule has 0 amide bonds. The van der Waals surface area contributed by atoms with E-state index >= 15 is 0 Å². The summed E-state index contributed by atoms with van der Waals surface area (Å²) in [6, 6.07) is 20.5. The minimum atomic E-state index is 0.0346. The summed E-state index contributed by atoms with van der Waals surface area (Å²) in [6.45, 7) is 0. The number of rotatable bonds is 3. The predicted molar refractivity (Wildman–Crippen MR) is 61.6 cm³/mol.